The minimum atomic E-state index is 0.374. The van der Waals surface area contributed by atoms with Crippen molar-refractivity contribution in [3.63, 3.8) is 0 Å². The second-order valence-corrected chi connectivity index (χ2v) is 8.29. The summed E-state index contributed by atoms with van der Waals surface area (Å²) in [5.74, 6) is 0.968. The van der Waals surface area contributed by atoms with Gasteiger partial charge in [0.25, 0.3) is 0 Å². The second kappa shape index (κ2) is 8.37. The molecule has 6 nitrogen and oxygen atoms in total. The van der Waals surface area contributed by atoms with E-state index in [1.54, 1.807) is 6.33 Å². The van der Waals surface area contributed by atoms with Crippen LogP contribution in [0.2, 0.25) is 0 Å². The predicted molar refractivity (Wildman–Crippen MR) is 125 cm³/mol. The summed E-state index contributed by atoms with van der Waals surface area (Å²) in [6, 6.07) is 19.6. The first-order valence-electron chi connectivity index (χ1n) is 10.9. The number of anilines is 1. The van der Waals surface area contributed by atoms with E-state index < -0.39 is 0 Å². The van der Waals surface area contributed by atoms with Crippen molar-refractivity contribution in [2.24, 2.45) is 0 Å². The molecule has 0 aliphatic carbocycles. The van der Waals surface area contributed by atoms with Crippen molar-refractivity contribution >= 4 is 27.8 Å². The first-order chi connectivity index (χ1) is 15.2. The van der Waals surface area contributed by atoms with Gasteiger partial charge in [-0.15, -0.1) is 0 Å². The highest BCUT2D eigenvalue weighted by molar-refractivity contribution is 6.12. The monoisotopic (exact) mass is 410 g/mol. The van der Waals surface area contributed by atoms with Gasteiger partial charge >= 0.3 is 0 Å². The number of nitrogens with one attached hydrogen (secondary N) is 1. The van der Waals surface area contributed by atoms with E-state index in [4.69, 9.17) is 10.2 Å². The zero-order valence-corrected chi connectivity index (χ0v) is 17.8. The molecule has 6 heteroatoms. The number of nitriles is 1. The van der Waals surface area contributed by atoms with Crippen LogP contribution in [0.1, 0.15) is 19.3 Å². The van der Waals surface area contributed by atoms with Gasteiger partial charge in [0.1, 0.15) is 17.8 Å². The zero-order chi connectivity index (χ0) is 21.2. The van der Waals surface area contributed by atoms with E-state index in [9.17, 15) is 0 Å². The van der Waals surface area contributed by atoms with Gasteiger partial charge in [0, 0.05) is 43.5 Å². The van der Waals surface area contributed by atoms with Crippen molar-refractivity contribution in [2.45, 2.75) is 25.3 Å². The Bertz CT molecular complexity index is 1240. The molecule has 1 saturated heterocycles. The maximum absolute atomic E-state index is 8.93. The van der Waals surface area contributed by atoms with Crippen molar-refractivity contribution in [1.82, 2.24) is 19.9 Å². The Hall–Kier alpha value is -3.43. The lowest BCUT2D eigenvalue weighted by Gasteiger charge is -2.38. The van der Waals surface area contributed by atoms with Gasteiger partial charge < -0.3 is 14.8 Å². The Morgan fingerprint density at radius 3 is 2.87 bits per heavy atom. The van der Waals surface area contributed by atoms with Crippen molar-refractivity contribution in [3.8, 4) is 17.2 Å². The van der Waals surface area contributed by atoms with Crippen LogP contribution in [-0.2, 0) is 0 Å². The van der Waals surface area contributed by atoms with Crippen LogP contribution in [0.25, 0.3) is 33.1 Å². The topological polar surface area (TPSA) is 71.8 Å². The SMILES string of the molecule is CN(c1ncnc2[nH]c3cc(-c4ccccc4)ccc3c12)C1CCCN(CCC#N)C1. The van der Waals surface area contributed by atoms with Gasteiger partial charge in [-0.05, 0) is 36.6 Å². The van der Waals surface area contributed by atoms with E-state index in [2.05, 4.69) is 75.3 Å². The lowest BCUT2D eigenvalue weighted by atomic mass is 10.0. The first-order valence-corrected chi connectivity index (χ1v) is 10.9. The van der Waals surface area contributed by atoms with Crippen molar-refractivity contribution in [3.05, 3.63) is 54.9 Å². The molecule has 3 heterocycles. The Balaban J connectivity index is 1.51. The lowest BCUT2D eigenvalue weighted by Crippen LogP contribution is -2.47. The fourth-order valence-corrected chi connectivity index (χ4v) is 4.72. The van der Waals surface area contributed by atoms with E-state index in [1.165, 1.54) is 11.1 Å². The number of likely N-dealkylation sites (tertiary alicyclic amines) is 1. The molecule has 1 fully saturated rings. The Morgan fingerprint density at radius 2 is 2.03 bits per heavy atom. The molecular weight excluding hydrogens is 384 g/mol. The molecule has 0 saturated carbocycles. The summed E-state index contributed by atoms with van der Waals surface area (Å²) >= 11 is 0. The first kappa shape index (κ1) is 19.5. The molecule has 0 spiro atoms. The lowest BCUT2D eigenvalue weighted by molar-refractivity contribution is 0.210. The number of fused-ring (bicyclic) bond motifs is 3. The fraction of sp³-hybridized carbons (Fsp3) is 0.320. The molecule has 1 N–H and O–H groups in total. The Morgan fingerprint density at radius 1 is 1.16 bits per heavy atom. The minimum Gasteiger partial charge on any atom is -0.355 e. The highest BCUT2D eigenvalue weighted by atomic mass is 15.3. The van der Waals surface area contributed by atoms with Crippen LogP contribution >= 0.6 is 0 Å². The number of likely N-dealkylation sites (N-methyl/N-ethyl adjacent to an activating group) is 1. The quantitative estimate of drug-likeness (QED) is 0.521. The summed E-state index contributed by atoms with van der Waals surface area (Å²) < 4.78 is 0. The molecule has 5 rings (SSSR count). The number of rotatable bonds is 5. The summed E-state index contributed by atoms with van der Waals surface area (Å²) in [4.78, 5) is 17.4. The molecule has 31 heavy (non-hydrogen) atoms. The minimum absolute atomic E-state index is 0.374. The molecule has 0 bridgehead atoms. The zero-order valence-electron chi connectivity index (χ0n) is 17.8. The van der Waals surface area contributed by atoms with E-state index in [0.29, 0.717) is 12.5 Å². The Labute approximate surface area is 182 Å². The molecule has 1 unspecified atom stereocenters. The van der Waals surface area contributed by atoms with Gasteiger partial charge in [-0.2, -0.15) is 5.26 Å². The standard InChI is InChI=1S/C25H26N6/c1-30(20-9-5-13-31(16-20)14-6-12-26)25-23-21-11-10-19(18-7-3-2-4-8-18)15-22(21)29-24(23)27-17-28-25/h2-4,7-8,10-11,15,17,20H,5-6,9,13-14,16H2,1H3,(H,27,28,29). The van der Waals surface area contributed by atoms with E-state index in [-0.39, 0.29) is 0 Å². The van der Waals surface area contributed by atoms with Crippen LogP contribution in [0.5, 0.6) is 0 Å². The number of piperidine rings is 1. The molecule has 156 valence electrons. The number of H-pyrrole nitrogens is 1. The van der Waals surface area contributed by atoms with Gasteiger partial charge in [0.2, 0.25) is 0 Å². The van der Waals surface area contributed by atoms with Crippen LogP contribution in [0.15, 0.2) is 54.9 Å². The summed E-state index contributed by atoms with van der Waals surface area (Å²) in [7, 11) is 2.14. The highest BCUT2D eigenvalue weighted by Gasteiger charge is 2.26. The third-order valence-electron chi connectivity index (χ3n) is 6.38. The largest absolute Gasteiger partial charge is 0.355 e. The average Bonchev–Trinajstić information content (AvgIpc) is 3.21. The van der Waals surface area contributed by atoms with Crippen LogP contribution in [0.4, 0.5) is 5.82 Å². The molecule has 2 aromatic heterocycles. The van der Waals surface area contributed by atoms with Crippen molar-refractivity contribution in [1.29, 1.82) is 5.26 Å². The molecule has 1 aliphatic rings. The highest BCUT2D eigenvalue weighted by Crippen LogP contribution is 2.34. The van der Waals surface area contributed by atoms with Gasteiger partial charge in [0.05, 0.1) is 11.5 Å². The van der Waals surface area contributed by atoms with Gasteiger partial charge in [-0.1, -0.05) is 42.5 Å². The van der Waals surface area contributed by atoms with Crippen LogP contribution in [0, 0.1) is 11.3 Å². The number of nitrogens with zero attached hydrogens (tertiary/aromatic N) is 5. The molecular formula is C25H26N6. The number of aromatic amines is 1. The van der Waals surface area contributed by atoms with E-state index in [1.807, 2.05) is 6.07 Å². The maximum Gasteiger partial charge on any atom is 0.143 e. The molecule has 1 aliphatic heterocycles. The average molecular weight is 411 g/mol. The smallest absolute Gasteiger partial charge is 0.143 e. The van der Waals surface area contributed by atoms with Gasteiger partial charge in [-0.3, -0.25) is 0 Å². The maximum atomic E-state index is 8.93. The summed E-state index contributed by atoms with van der Waals surface area (Å²) in [6.07, 6.45) is 4.51. The number of aromatic nitrogens is 3. The Kier molecular flexibility index (Phi) is 5.27. The predicted octanol–water partition coefficient (Wildman–Crippen LogP) is 4.59. The number of benzene rings is 2. The number of hydrogen-bond acceptors (Lipinski definition) is 5. The number of hydrogen-bond donors (Lipinski definition) is 1. The molecule has 4 aromatic rings. The van der Waals surface area contributed by atoms with Crippen LogP contribution in [0.3, 0.4) is 0 Å². The second-order valence-electron chi connectivity index (χ2n) is 8.29. The molecule has 0 amide bonds. The molecule has 2 aromatic carbocycles. The van der Waals surface area contributed by atoms with Crippen LogP contribution in [-0.4, -0.2) is 52.6 Å². The normalized spacial score (nSPS) is 17.1. The third kappa shape index (κ3) is 3.73. The van der Waals surface area contributed by atoms with Gasteiger partial charge in [-0.25, -0.2) is 9.97 Å². The van der Waals surface area contributed by atoms with Crippen molar-refractivity contribution in [2.75, 3.05) is 31.6 Å². The summed E-state index contributed by atoms with van der Waals surface area (Å²) in [5.41, 5.74) is 4.33. The van der Waals surface area contributed by atoms with E-state index >= 15 is 0 Å². The molecule has 0 radical (unpaired) electrons. The summed E-state index contributed by atoms with van der Waals surface area (Å²) in [6.45, 7) is 2.88. The van der Waals surface area contributed by atoms with E-state index in [0.717, 1.165) is 60.2 Å². The van der Waals surface area contributed by atoms with Crippen LogP contribution < -0.4 is 4.90 Å². The molecule has 1 atom stereocenters. The van der Waals surface area contributed by atoms with Crippen molar-refractivity contribution < 1.29 is 0 Å². The van der Waals surface area contributed by atoms with Gasteiger partial charge in [0.15, 0.2) is 0 Å². The third-order valence-corrected chi connectivity index (χ3v) is 6.38. The summed E-state index contributed by atoms with van der Waals surface area (Å²) in [5, 5.41) is 11.2. The fourth-order valence-electron chi connectivity index (χ4n) is 4.72.